The van der Waals surface area contributed by atoms with E-state index in [-0.39, 0.29) is 0 Å². The summed E-state index contributed by atoms with van der Waals surface area (Å²) in [6.07, 6.45) is 10.2. The first-order valence-electron chi connectivity index (χ1n) is 7.96. The smallest absolute Gasteiger partial charge is 0.140 e. The second kappa shape index (κ2) is 10.8. The number of halogens is 2. The lowest BCUT2D eigenvalue weighted by Gasteiger charge is -2.21. The van der Waals surface area contributed by atoms with Crippen molar-refractivity contribution in [3.63, 3.8) is 0 Å². The van der Waals surface area contributed by atoms with Crippen molar-refractivity contribution < 1.29 is 9.47 Å². The molecule has 0 fully saturated rings. The molecule has 0 atom stereocenters. The van der Waals surface area contributed by atoms with Crippen LogP contribution in [0.4, 0.5) is 0 Å². The molecule has 1 rings (SSSR count). The van der Waals surface area contributed by atoms with Crippen molar-refractivity contribution in [1.29, 1.82) is 0 Å². The molecule has 0 aliphatic heterocycles. The minimum absolute atomic E-state index is 0.817. The van der Waals surface area contributed by atoms with E-state index in [1.807, 2.05) is 11.9 Å². The fourth-order valence-electron chi connectivity index (χ4n) is 2.62. The van der Waals surface area contributed by atoms with E-state index in [0.29, 0.717) is 0 Å². The van der Waals surface area contributed by atoms with Gasteiger partial charge >= 0.3 is 0 Å². The first-order valence-corrected chi connectivity index (χ1v) is 9.67. The average molecular weight is 458 g/mol. The predicted molar refractivity (Wildman–Crippen MR) is 110 cm³/mol. The number of rotatable bonds is 7. The summed E-state index contributed by atoms with van der Waals surface area (Å²) in [6, 6.07) is 0. The van der Waals surface area contributed by atoms with E-state index >= 15 is 0 Å². The van der Waals surface area contributed by atoms with Gasteiger partial charge in [0.1, 0.15) is 11.5 Å². The maximum Gasteiger partial charge on any atom is 0.140 e. The molecule has 0 aromatic heterocycles. The first kappa shape index (κ1) is 21.0. The van der Waals surface area contributed by atoms with Gasteiger partial charge in [-0.3, -0.25) is 0 Å². The zero-order valence-electron chi connectivity index (χ0n) is 14.9. The van der Waals surface area contributed by atoms with Gasteiger partial charge in [-0.15, -0.1) is 0 Å². The summed E-state index contributed by atoms with van der Waals surface area (Å²) in [4.78, 5) is 1.88. The SMILES string of the molecule is C=C(CCC=CBr)/C(C1=CCC/C(C)=C/C(Br)=C1OC)=C(\C)OC. The van der Waals surface area contributed by atoms with Crippen LogP contribution in [0.2, 0.25) is 0 Å². The van der Waals surface area contributed by atoms with Gasteiger partial charge in [0, 0.05) is 11.1 Å². The Labute approximate surface area is 162 Å². The normalized spacial score (nSPS) is 19.1. The molecule has 0 amide bonds. The van der Waals surface area contributed by atoms with Gasteiger partial charge in [-0.1, -0.05) is 40.2 Å². The van der Waals surface area contributed by atoms with Gasteiger partial charge in [0.2, 0.25) is 0 Å². The van der Waals surface area contributed by atoms with Crippen molar-refractivity contribution in [2.24, 2.45) is 0 Å². The minimum atomic E-state index is 0.817. The van der Waals surface area contributed by atoms with Gasteiger partial charge in [0.25, 0.3) is 0 Å². The van der Waals surface area contributed by atoms with Crippen molar-refractivity contribution in [2.75, 3.05) is 14.2 Å². The lowest BCUT2D eigenvalue weighted by molar-refractivity contribution is 0.284. The van der Waals surface area contributed by atoms with E-state index in [0.717, 1.165) is 58.4 Å². The van der Waals surface area contributed by atoms with E-state index in [2.05, 4.69) is 63.6 Å². The van der Waals surface area contributed by atoms with Crippen LogP contribution in [0.15, 0.2) is 68.1 Å². The highest BCUT2D eigenvalue weighted by Gasteiger charge is 2.21. The van der Waals surface area contributed by atoms with E-state index < -0.39 is 0 Å². The van der Waals surface area contributed by atoms with E-state index in [4.69, 9.17) is 9.47 Å². The molecule has 24 heavy (non-hydrogen) atoms. The average Bonchev–Trinajstić information content (AvgIpc) is 2.54. The fraction of sp³-hybridized carbons (Fsp3) is 0.400. The number of allylic oxidation sites excluding steroid dienone is 8. The molecule has 0 saturated heterocycles. The Morgan fingerprint density at radius 1 is 1.38 bits per heavy atom. The second-order valence-corrected chi connectivity index (χ2v) is 7.05. The molecular formula is C20H26Br2O2. The molecule has 0 saturated carbocycles. The number of ether oxygens (including phenoxy) is 2. The monoisotopic (exact) mass is 456 g/mol. The van der Waals surface area contributed by atoms with E-state index in [1.165, 1.54) is 5.57 Å². The number of methoxy groups -OCH3 is 2. The standard InChI is InChI=1S/C20H26Br2O2/c1-14-9-8-11-17(20(24-5)18(22)13-14)19(16(3)23-4)15(2)10-6-7-12-21/h7,11-13H,2,6,8-10H2,1,3-5H3/b12-7?,14-13+,17-11?,19-16-,20-18?. The molecule has 0 unspecified atom stereocenters. The summed E-state index contributed by atoms with van der Waals surface area (Å²) in [5.41, 5.74) is 4.44. The molecule has 132 valence electrons. The summed E-state index contributed by atoms with van der Waals surface area (Å²) in [7, 11) is 3.39. The van der Waals surface area contributed by atoms with Crippen LogP contribution < -0.4 is 0 Å². The quantitative estimate of drug-likeness (QED) is 0.300. The Hall–Kier alpha value is -1.00. The Morgan fingerprint density at radius 3 is 2.67 bits per heavy atom. The number of hydrogen-bond acceptors (Lipinski definition) is 2. The third-order valence-electron chi connectivity index (χ3n) is 3.91. The van der Waals surface area contributed by atoms with Gasteiger partial charge in [-0.25, -0.2) is 0 Å². The molecule has 0 aromatic rings. The van der Waals surface area contributed by atoms with Crippen LogP contribution in [0.1, 0.15) is 39.5 Å². The predicted octanol–water partition coefficient (Wildman–Crippen LogP) is 7.07. The highest BCUT2D eigenvalue weighted by atomic mass is 79.9. The van der Waals surface area contributed by atoms with Crippen molar-refractivity contribution >= 4 is 31.9 Å². The summed E-state index contributed by atoms with van der Waals surface area (Å²) < 4.78 is 12.2. The largest absolute Gasteiger partial charge is 0.501 e. The Kier molecular flexibility index (Phi) is 9.45. The molecular weight excluding hydrogens is 432 g/mol. The van der Waals surface area contributed by atoms with Gasteiger partial charge in [-0.05, 0) is 72.1 Å². The Bertz CT molecular complexity index is 620. The van der Waals surface area contributed by atoms with Crippen LogP contribution in [-0.2, 0) is 9.47 Å². The maximum absolute atomic E-state index is 5.72. The molecule has 0 heterocycles. The van der Waals surface area contributed by atoms with Crippen molar-refractivity contribution in [1.82, 2.24) is 0 Å². The van der Waals surface area contributed by atoms with Crippen LogP contribution in [0.5, 0.6) is 0 Å². The van der Waals surface area contributed by atoms with Crippen LogP contribution in [0.25, 0.3) is 0 Å². The van der Waals surface area contributed by atoms with Crippen molar-refractivity contribution in [2.45, 2.75) is 39.5 Å². The molecule has 0 N–H and O–H groups in total. The van der Waals surface area contributed by atoms with E-state index in [1.54, 1.807) is 14.2 Å². The maximum atomic E-state index is 5.72. The lowest BCUT2D eigenvalue weighted by atomic mass is 9.90. The molecule has 0 spiro atoms. The zero-order valence-corrected chi connectivity index (χ0v) is 18.1. The van der Waals surface area contributed by atoms with E-state index in [9.17, 15) is 0 Å². The molecule has 0 bridgehead atoms. The molecule has 4 heteroatoms. The van der Waals surface area contributed by atoms with Crippen LogP contribution in [0, 0.1) is 0 Å². The Balaban J connectivity index is 3.38. The van der Waals surface area contributed by atoms with Gasteiger partial charge in [-0.2, -0.15) is 0 Å². The first-order chi connectivity index (χ1) is 11.5. The minimum Gasteiger partial charge on any atom is -0.501 e. The molecule has 1 aliphatic carbocycles. The highest BCUT2D eigenvalue weighted by Crippen LogP contribution is 2.36. The third kappa shape index (κ3) is 5.82. The van der Waals surface area contributed by atoms with Crippen LogP contribution in [0.3, 0.4) is 0 Å². The molecule has 0 radical (unpaired) electrons. The summed E-state index contributed by atoms with van der Waals surface area (Å²) in [5.74, 6) is 1.67. The molecule has 2 nitrogen and oxygen atoms in total. The topological polar surface area (TPSA) is 18.5 Å². The summed E-state index contributed by atoms with van der Waals surface area (Å²) in [6.45, 7) is 8.41. The van der Waals surface area contributed by atoms with Crippen LogP contribution >= 0.6 is 31.9 Å². The van der Waals surface area contributed by atoms with Gasteiger partial charge in [0.15, 0.2) is 0 Å². The molecule has 0 aromatic carbocycles. The highest BCUT2D eigenvalue weighted by molar-refractivity contribution is 9.12. The third-order valence-corrected chi connectivity index (χ3v) is 4.87. The fourth-order valence-corrected chi connectivity index (χ4v) is 3.65. The van der Waals surface area contributed by atoms with Crippen molar-refractivity contribution in [3.8, 4) is 0 Å². The second-order valence-electron chi connectivity index (χ2n) is 5.67. The van der Waals surface area contributed by atoms with Gasteiger partial charge < -0.3 is 9.47 Å². The lowest BCUT2D eigenvalue weighted by Crippen LogP contribution is -2.06. The van der Waals surface area contributed by atoms with Crippen LogP contribution in [-0.4, -0.2) is 14.2 Å². The van der Waals surface area contributed by atoms with Gasteiger partial charge in [0.05, 0.1) is 18.7 Å². The Morgan fingerprint density at radius 2 is 2.08 bits per heavy atom. The summed E-state index contributed by atoms with van der Waals surface area (Å²) in [5, 5.41) is 0. The summed E-state index contributed by atoms with van der Waals surface area (Å²) >= 11 is 6.97. The van der Waals surface area contributed by atoms with Crippen molar-refractivity contribution in [3.05, 3.63) is 68.1 Å². The number of hydrogen-bond donors (Lipinski definition) is 0. The molecule has 1 aliphatic rings. The zero-order chi connectivity index (χ0) is 18.1.